The minimum Gasteiger partial charge on any atom is -0.496 e. The number of aryl methyl sites for hydroxylation is 1. The van der Waals surface area contributed by atoms with Gasteiger partial charge < -0.3 is 15.2 Å². The minimum atomic E-state index is -0.276. The summed E-state index contributed by atoms with van der Waals surface area (Å²) in [5, 5.41) is 0. The molecule has 0 amide bonds. The molecule has 0 saturated carbocycles. The second kappa shape index (κ2) is 6.54. The summed E-state index contributed by atoms with van der Waals surface area (Å²) in [6, 6.07) is 9.93. The summed E-state index contributed by atoms with van der Waals surface area (Å²) >= 11 is 4.96. The van der Waals surface area contributed by atoms with Gasteiger partial charge in [-0.2, -0.15) is 0 Å². The molecule has 0 radical (unpaired) electrons. The first kappa shape index (κ1) is 15.3. The summed E-state index contributed by atoms with van der Waals surface area (Å²) in [5.74, 6) is 0.982. The summed E-state index contributed by atoms with van der Waals surface area (Å²) in [5.41, 5.74) is 7.98. The Balaban J connectivity index is 2.15. The van der Waals surface area contributed by atoms with Crippen molar-refractivity contribution in [1.82, 2.24) is 0 Å². The Morgan fingerprint density at radius 2 is 1.95 bits per heavy atom. The third-order valence-corrected chi connectivity index (χ3v) is 3.28. The summed E-state index contributed by atoms with van der Waals surface area (Å²) in [6.07, 6.45) is 0. The van der Waals surface area contributed by atoms with Crippen LogP contribution >= 0.6 is 12.2 Å². The number of hydrogen-bond acceptors (Lipinski definition) is 3. The maximum atomic E-state index is 13.0. The van der Waals surface area contributed by atoms with Crippen LogP contribution in [0.1, 0.15) is 16.7 Å². The Labute approximate surface area is 128 Å². The molecule has 0 saturated heterocycles. The molecular weight excluding hydrogens is 289 g/mol. The van der Waals surface area contributed by atoms with Crippen LogP contribution in [-0.4, -0.2) is 12.1 Å². The zero-order chi connectivity index (χ0) is 15.4. The predicted octanol–water partition coefficient (Wildman–Crippen LogP) is 3.36. The number of ether oxygens (including phenoxy) is 2. The van der Waals surface area contributed by atoms with Gasteiger partial charge in [-0.25, -0.2) is 4.39 Å². The van der Waals surface area contributed by atoms with Gasteiger partial charge in [-0.3, -0.25) is 0 Å². The van der Waals surface area contributed by atoms with Crippen molar-refractivity contribution < 1.29 is 13.9 Å². The number of hydrogen-bond donors (Lipinski definition) is 1. The predicted molar refractivity (Wildman–Crippen MR) is 84.4 cm³/mol. The van der Waals surface area contributed by atoms with E-state index in [1.165, 1.54) is 12.1 Å². The molecule has 3 nitrogen and oxygen atoms in total. The van der Waals surface area contributed by atoms with Crippen LogP contribution in [0.2, 0.25) is 0 Å². The first-order chi connectivity index (χ1) is 10.0. The molecule has 2 aromatic rings. The fraction of sp³-hybridized carbons (Fsp3) is 0.188. The third-order valence-electron chi connectivity index (χ3n) is 3.06. The molecule has 0 atom stereocenters. The van der Waals surface area contributed by atoms with Crippen LogP contribution in [0, 0.1) is 12.7 Å². The minimum absolute atomic E-state index is 0.276. The molecule has 2 aromatic carbocycles. The van der Waals surface area contributed by atoms with Crippen LogP contribution in [0.3, 0.4) is 0 Å². The van der Waals surface area contributed by atoms with Crippen LogP contribution in [0.5, 0.6) is 11.5 Å². The topological polar surface area (TPSA) is 44.5 Å². The van der Waals surface area contributed by atoms with Crippen molar-refractivity contribution in [2.75, 3.05) is 7.11 Å². The van der Waals surface area contributed by atoms with Gasteiger partial charge in [0.2, 0.25) is 0 Å². The molecule has 0 aliphatic heterocycles. The molecule has 21 heavy (non-hydrogen) atoms. The van der Waals surface area contributed by atoms with Crippen LogP contribution in [0.4, 0.5) is 4.39 Å². The molecule has 2 N–H and O–H groups in total. The van der Waals surface area contributed by atoms with E-state index >= 15 is 0 Å². The molecule has 5 heteroatoms. The van der Waals surface area contributed by atoms with Gasteiger partial charge in [0.05, 0.1) is 12.7 Å². The molecule has 2 rings (SSSR count). The lowest BCUT2D eigenvalue weighted by atomic mass is 10.1. The van der Waals surface area contributed by atoms with Crippen LogP contribution < -0.4 is 15.2 Å². The summed E-state index contributed by atoms with van der Waals surface area (Å²) in [7, 11) is 1.56. The molecular formula is C16H16FNO2S. The second-order valence-corrected chi connectivity index (χ2v) is 5.04. The van der Waals surface area contributed by atoms with Crippen LogP contribution in [0.25, 0.3) is 0 Å². The lowest BCUT2D eigenvalue weighted by Crippen LogP contribution is -2.11. The van der Waals surface area contributed by atoms with Crippen molar-refractivity contribution in [3.05, 3.63) is 58.9 Å². The van der Waals surface area contributed by atoms with E-state index in [1.54, 1.807) is 26.2 Å². The highest BCUT2D eigenvalue weighted by molar-refractivity contribution is 7.80. The first-order valence-corrected chi connectivity index (χ1v) is 6.77. The van der Waals surface area contributed by atoms with Crippen molar-refractivity contribution in [1.29, 1.82) is 0 Å². The van der Waals surface area contributed by atoms with Crippen molar-refractivity contribution in [3.8, 4) is 11.5 Å². The van der Waals surface area contributed by atoms with Crippen LogP contribution in [0.15, 0.2) is 36.4 Å². The lowest BCUT2D eigenvalue weighted by Gasteiger charge is -2.12. The van der Waals surface area contributed by atoms with Crippen LogP contribution in [-0.2, 0) is 6.61 Å². The summed E-state index contributed by atoms with van der Waals surface area (Å²) in [6.45, 7) is 2.15. The largest absolute Gasteiger partial charge is 0.496 e. The van der Waals surface area contributed by atoms with Gasteiger partial charge in [0.15, 0.2) is 0 Å². The molecule has 0 aromatic heterocycles. The molecule has 110 valence electrons. The quantitative estimate of drug-likeness (QED) is 0.860. The van der Waals surface area contributed by atoms with Crippen molar-refractivity contribution >= 4 is 17.2 Å². The molecule has 0 fully saturated rings. The average Bonchev–Trinajstić information content (AvgIpc) is 2.45. The number of nitrogens with two attached hydrogens (primary N) is 1. The van der Waals surface area contributed by atoms with E-state index in [0.717, 1.165) is 11.1 Å². The maximum Gasteiger partial charge on any atom is 0.129 e. The van der Waals surface area contributed by atoms with Crippen molar-refractivity contribution in [2.45, 2.75) is 13.5 Å². The molecule has 0 bridgehead atoms. The number of halogens is 1. The monoisotopic (exact) mass is 305 g/mol. The van der Waals surface area contributed by atoms with E-state index in [0.29, 0.717) is 23.7 Å². The standard InChI is InChI=1S/C16H16FNO2S/c1-10-7-12(17)4-6-14(10)20-9-11-3-5-13(16(18)21)15(8-11)19-2/h3-8H,9H2,1-2H3,(H2,18,21). The van der Waals surface area contributed by atoms with Gasteiger partial charge in [0, 0.05) is 0 Å². The fourth-order valence-electron chi connectivity index (χ4n) is 1.96. The highest BCUT2D eigenvalue weighted by atomic mass is 32.1. The lowest BCUT2D eigenvalue weighted by molar-refractivity contribution is 0.302. The third kappa shape index (κ3) is 3.70. The summed E-state index contributed by atoms with van der Waals surface area (Å²) in [4.78, 5) is 0.286. The highest BCUT2D eigenvalue weighted by Gasteiger charge is 2.08. The maximum absolute atomic E-state index is 13.0. The highest BCUT2D eigenvalue weighted by Crippen LogP contribution is 2.23. The molecule has 0 spiro atoms. The van der Waals surface area contributed by atoms with E-state index in [9.17, 15) is 4.39 Å². The molecule has 0 unspecified atom stereocenters. The second-order valence-electron chi connectivity index (χ2n) is 4.60. The van der Waals surface area contributed by atoms with E-state index in [-0.39, 0.29) is 10.8 Å². The SMILES string of the molecule is COc1cc(COc2ccc(F)cc2C)ccc1C(N)=S. The molecule has 0 aliphatic carbocycles. The zero-order valence-corrected chi connectivity index (χ0v) is 12.7. The van der Waals surface area contributed by atoms with E-state index in [1.807, 2.05) is 12.1 Å². The van der Waals surface area contributed by atoms with Gasteiger partial charge in [-0.05, 0) is 48.4 Å². The Kier molecular flexibility index (Phi) is 4.75. The van der Waals surface area contributed by atoms with Gasteiger partial charge in [-0.1, -0.05) is 18.3 Å². The molecule has 0 aliphatic rings. The number of thiocarbonyl (C=S) groups is 1. The van der Waals surface area contributed by atoms with Gasteiger partial charge in [0.1, 0.15) is 28.9 Å². The summed E-state index contributed by atoms with van der Waals surface area (Å²) < 4.78 is 24.0. The van der Waals surface area contributed by atoms with Gasteiger partial charge >= 0.3 is 0 Å². The average molecular weight is 305 g/mol. The van der Waals surface area contributed by atoms with Crippen molar-refractivity contribution in [3.63, 3.8) is 0 Å². The van der Waals surface area contributed by atoms with Gasteiger partial charge in [0.25, 0.3) is 0 Å². The number of methoxy groups -OCH3 is 1. The van der Waals surface area contributed by atoms with E-state index < -0.39 is 0 Å². The van der Waals surface area contributed by atoms with Crippen molar-refractivity contribution in [2.24, 2.45) is 5.73 Å². The first-order valence-electron chi connectivity index (χ1n) is 6.37. The Bertz CT molecular complexity index is 673. The van der Waals surface area contributed by atoms with Gasteiger partial charge in [-0.15, -0.1) is 0 Å². The van der Waals surface area contributed by atoms with E-state index in [4.69, 9.17) is 27.4 Å². The van der Waals surface area contributed by atoms with E-state index in [2.05, 4.69) is 0 Å². The fourth-order valence-corrected chi connectivity index (χ4v) is 2.13. The Morgan fingerprint density at radius 1 is 1.19 bits per heavy atom. The smallest absolute Gasteiger partial charge is 0.129 e. The number of rotatable bonds is 5. The zero-order valence-electron chi connectivity index (χ0n) is 11.9. The Morgan fingerprint density at radius 3 is 2.57 bits per heavy atom. The molecule has 0 heterocycles. The Hall–Kier alpha value is -2.14. The normalized spacial score (nSPS) is 10.2. The number of benzene rings is 2.